The van der Waals surface area contributed by atoms with Crippen molar-refractivity contribution in [2.45, 2.75) is 26.8 Å². The molecule has 210 valence electrons. The quantitative estimate of drug-likeness (QED) is 0.177. The van der Waals surface area contributed by atoms with E-state index in [-0.39, 0.29) is 17.6 Å². The second-order valence-corrected chi connectivity index (χ2v) is 10.2. The average Bonchev–Trinajstić information content (AvgIpc) is 2.99. The molecule has 0 aliphatic carbocycles. The van der Waals surface area contributed by atoms with Crippen molar-refractivity contribution in [3.8, 4) is 0 Å². The maximum absolute atomic E-state index is 13.4. The highest BCUT2D eigenvalue weighted by atomic mass is 16.5. The predicted molar refractivity (Wildman–Crippen MR) is 165 cm³/mol. The Morgan fingerprint density at radius 3 is 2.24 bits per heavy atom. The number of carbonyl (C=O) groups is 3. The number of ether oxygens (including phenoxy) is 1. The van der Waals surface area contributed by atoms with Crippen molar-refractivity contribution in [3.63, 3.8) is 0 Å². The Morgan fingerprint density at radius 2 is 1.50 bits per heavy atom. The van der Waals surface area contributed by atoms with Crippen LogP contribution in [0.2, 0.25) is 0 Å². The van der Waals surface area contributed by atoms with Crippen molar-refractivity contribution >= 4 is 45.5 Å². The van der Waals surface area contributed by atoms with Gasteiger partial charge in [0.2, 0.25) is 0 Å². The number of nitrogens with zero attached hydrogens (tertiary/aromatic N) is 1. The van der Waals surface area contributed by atoms with Gasteiger partial charge in [-0.1, -0.05) is 60.7 Å². The number of hydrogen-bond donors (Lipinski definition) is 2. The summed E-state index contributed by atoms with van der Waals surface area (Å²) in [7, 11) is 1.25. The van der Waals surface area contributed by atoms with E-state index in [9.17, 15) is 14.4 Å². The summed E-state index contributed by atoms with van der Waals surface area (Å²) in [6.45, 7) is 5.48. The van der Waals surface area contributed by atoms with Crippen molar-refractivity contribution in [1.29, 1.82) is 0 Å². The molecule has 1 atom stereocenters. The number of fused-ring (bicyclic) bond motifs is 2. The van der Waals surface area contributed by atoms with Gasteiger partial charge in [-0.05, 0) is 84.1 Å². The maximum atomic E-state index is 13.4. The number of amides is 2. The van der Waals surface area contributed by atoms with E-state index in [4.69, 9.17) is 4.74 Å². The number of para-hydroxylation sites is 1. The minimum atomic E-state index is -0.690. The SMILES string of the molecule is COC(=O)/C(=C\c1cnc2ccccc2c1)NC(=O)c1c(C)cc(C(=O)N[C@H](C)c2cccc3ccccc23)cc1C. The molecule has 0 fully saturated rings. The van der Waals surface area contributed by atoms with Crippen molar-refractivity contribution in [2.24, 2.45) is 0 Å². The lowest BCUT2D eigenvalue weighted by Crippen LogP contribution is -2.30. The van der Waals surface area contributed by atoms with E-state index in [0.717, 1.165) is 27.2 Å². The zero-order valence-corrected chi connectivity index (χ0v) is 23.9. The Morgan fingerprint density at radius 1 is 0.833 bits per heavy atom. The van der Waals surface area contributed by atoms with Crippen LogP contribution in [0, 0.1) is 13.8 Å². The number of methoxy groups -OCH3 is 1. The number of aromatic nitrogens is 1. The van der Waals surface area contributed by atoms with E-state index >= 15 is 0 Å². The third kappa shape index (κ3) is 5.90. The van der Waals surface area contributed by atoms with E-state index in [1.807, 2.05) is 79.7 Å². The molecular formula is C35H31N3O4. The molecule has 0 spiro atoms. The molecule has 0 saturated carbocycles. The molecule has 4 aromatic carbocycles. The average molecular weight is 558 g/mol. The fraction of sp³-hybridized carbons (Fsp3) is 0.143. The van der Waals surface area contributed by atoms with E-state index in [1.165, 1.54) is 13.2 Å². The number of esters is 1. The summed E-state index contributed by atoms with van der Waals surface area (Å²) >= 11 is 0. The minimum absolute atomic E-state index is 0.0240. The maximum Gasteiger partial charge on any atom is 0.354 e. The molecular weight excluding hydrogens is 526 g/mol. The van der Waals surface area contributed by atoms with Crippen LogP contribution in [0.25, 0.3) is 27.8 Å². The van der Waals surface area contributed by atoms with Gasteiger partial charge in [0.1, 0.15) is 5.70 Å². The number of carbonyl (C=O) groups excluding carboxylic acids is 3. The lowest BCUT2D eigenvalue weighted by Gasteiger charge is -2.18. The Bertz CT molecular complexity index is 1850. The fourth-order valence-electron chi connectivity index (χ4n) is 5.21. The summed E-state index contributed by atoms with van der Waals surface area (Å²) in [5.41, 5.74) is 4.48. The van der Waals surface area contributed by atoms with Crippen LogP contribution in [0.15, 0.2) is 96.8 Å². The predicted octanol–water partition coefficient (Wildman–Crippen LogP) is 6.44. The molecule has 5 rings (SSSR count). The Labute approximate surface area is 244 Å². The molecule has 0 aliphatic heterocycles. The first kappa shape index (κ1) is 28.2. The van der Waals surface area contributed by atoms with Crippen molar-refractivity contribution in [3.05, 3.63) is 130 Å². The number of pyridine rings is 1. The smallest absolute Gasteiger partial charge is 0.354 e. The first-order chi connectivity index (χ1) is 20.2. The van der Waals surface area contributed by atoms with Crippen LogP contribution in [0.5, 0.6) is 0 Å². The van der Waals surface area contributed by atoms with E-state index in [1.54, 1.807) is 32.2 Å². The van der Waals surface area contributed by atoms with Gasteiger partial charge in [-0.2, -0.15) is 0 Å². The molecule has 0 aliphatic rings. The van der Waals surface area contributed by atoms with Crippen LogP contribution in [0.4, 0.5) is 0 Å². The normalized spacial score (nSPS) is 12.1. The van der Waals surface area contributed by atoms with Gasteiger partial charge >= 0.3 is 5.97 Å². The number of benzene rings is 4. The van der Waals surface area contributed by atoms with Gasteiger partial charge in [0, 0.05) is 22.7 Å². The highest BCUT2D eigenvalue weighted by Crippen LogP contribution is 2.25. The van der Waals surface area contributed by atoms with Gasteiger partial charge in [-0.15, -0.1) is 0 Å². The number of aryl methyl sites for hydroxylation is 2. The van der Waals surface area contributed by atoms with E-state index in [2.05, 4.69) is 15.6 Å². The Kier molecular flexibility index (Phi) is 8.11. The molecule has 0 unspecified atom stereocenters. The van der Waals surface area contributed by atoms with E-state index < -0.39 is 11.9 Å². The first-order valence-corrected chi connectivity index (χ1v) is 13.6. The van der Waals surface area contributed by atoms with Gasteiger partial charge in [0.15, 0.2) is 0 Å². The van der Waals surface area contributed by atoms with Crippen LogP contribution in [-0.2, 0) is 9.53 Å². The van der Waals surface area contributed by atoms with Crippen LogP contribution >= 0.6 is 0 Å². The Hall–Kier alpha value is -5.30. The van der Waals surface area contributed by atoms with Crippen molar-refractivity contribution < 1.29 is 19.1 Å². The molecule has 1 heterocycles. The summed E-state index contributed by atoms with van der Waals surface area (Å²) in [6.07, 6.45) is 3.16. The molecule has 5 aromatic rings. The lowest BCUT2D eigenvalue weighted by molar-refractivity contribution is -0.136. The van der Waals surface area contributed by atoms with Crippen LogP contribution < -0.4 is 10.6 Å². The minimum Gasteiger partial charge on any atom is -0.464 e. The molecule has 7 nitrogen and oxygen atoms in total. The monoisotopic (exact) mass is 557 g/mol. The summed E-state index contributed by atoms with van der Waals surface area (Å²) in [5, 5.41) is 8.88. The van der Waals surface area contributed by atoms with Gasteiger partial charge in [-0.3, -0.25) is 14.6 Å². The molecule has 0 saturated heterocycles. The molecule has 0 radical (unpaired) electrons. The third-order valence-electron chi connectivity index (χ3n) is 7.24. The summed E-state index contributed by atoms with van der Waals surface area (Å²) in [5.74, 6) is -1.41. The lowest BCUT2D eigenvalue weighted by atomic mass is 9.97. The molecule has 42 heavy (non-hydrogen) atoms. The zero-order valence-electron chi connectivity index (χ0n) is 23.9. The van der Waals surface area contributed by atoms with Crippen molar-refractivity contribution in [2.75, 3.05) is 7.11 Å². The number of hydrogen-bond acceptors (Lipinski definition) is 5. The zero-order chi connectivity index (χ0) is 29.8. The third-order valence-corrected chi connectivity index (χ3v) is 7.24. The van der Waals surface area contributed by atoms with Crippen LogP contribution in [0.3, 0.4) is 0 Å². The number of nitrogens with one attached hydrogen (secondary N) is 2. The summed E-state index contributed by atoms with van der Waals surface area (Å²) in [6, 6.07) is 26.7. The molecule has 0 bridgehead atoms. The van der Waals surface area contributed by atoms with E-state index in [0.29, 0.717) is 27.8 Å². The second kappa shape index (κ2) is 12.1. The molecule has 7 heteroatoms. The molecule has 2 N–H and O–H groups in total. The summed E-state index contributed by atoms with van der Waals surface area (Å²) in [4.78, 5) is 43.7. The highest BCUT2D eigenvalue weighted by molar-refractivity contribution is 6.06. The van der Waals surface area contributed by atoms with Gasteiger partial charge in [0.05, 0.1) is 18.7 Å². The fourth-order valence-corrected chi connectivity index (χ4v) is 5.21. The second-order valence-electron chi connectivity index (χ2n) is 10.2. The van der Waals surface area contributed by atoms with Crippen LogP contribution in [-0.4, -0.2) is 29.9 Å². The standard InChI is InChI=1S/C35H31N3O4/c1-21-16-27(33(39)37-23(3)28-14-9-12-25-10-5-7-13-29(25)28)17-22(2)32(21)34(40)38-31(35(41)42-4)19-24-18-26-11-6-8-15-30(26)36-20-24/h5-20,23H,1-4H3,(H,37,39)(H,38,40)/b31-19+/t23-/m1/s1. The Balaban J connectivity index is 1.37. The van der Waals surface area contributed by atoms with Gasteiger partial charge in [0.25, 0.3) is 11.8 Å². The summed E-state index contributed by atoms with van der Waals surface area (Å²) < 4.78 is 4.92. The van der Waals surface area contributed by atoms with Gasteiger partial charge < -0.3 is 15.4 Å². The van der Waals surface area contributed by atoms with Crippen molar-refractivity contribution in [1.82, 2.24) is 15.6 Å². The highest BCUT2D eigenvalue weighted by Gasteiger charge is 2.21. The van der Waals surface area contributed by atoms with Gasteiger partial charge in [-0.25, -0.2) is 4.79 Å². The van der Waals surface area contributed by atoms with Crippen LogP contribution in [0.1, 0.15) is 55.9 Å². The molecule has 2 amide bonds. The number of rotatable bonds is 7. The first-order valence-electron chi connectivity index (χ1n) is 13.6. The largest absolute Gasteiger partial charge is 0.464 e. The topological polar surface area (TPSA) is 97.4 Å². The molecule has 1 aromatic heterocycles.